The van der Waals surface area contributed by atoms with Gasteiger partial charge >= 0.3 is 0 Å². The standard InChI is InChI=1S/C12H15NS/c1-2-10(13)7-9-8-14-12-6-4-3-5-11(9)12/h3-6,8,10H,2,7,13H2,1H3/t10-/m1/s1. The van der Waals surface area contributed by atoms with Crippen molar-refractivity contribution in [2.24, 2.45) is 5.73 Å². The molecule has 0 fully saturated rings. The number of nitrogens with two attached hydrogens (primary N) is 1. The van der Waals surface area contributed by atoms with Crippen molar-refractivity contribution in [3.8, 4) is 0 Å². The van der Waals surface area contributed by atoms with Crippen LogP contribution in [0.4, 0.5) is 0 Å². The van der Waals surface area contributed by atoms with Crippen LogP contribution in [0.15, 0.2) is 29.6 Å². The summed E-state index contributed by atoms with van der Waals surface area (Å²) in [7, 11) is 0. The fraction of sp³-hybridized carbons (Fsp3) is 0.333. The zero-order valence-corrected chi connectivity index (χ0v) is 9.18. The van der Waals surface area contributed by atoms with Crippen molar-refractivity contribution in [3.63, 3.8) is 0 Å². The van der Waals surface area contributed by atoms with Gasteiger partial charge in [-0.3, -0.25) is 0 Å². The fourth-order valence-corrected chi connectivity index (χ4v) is 2.59. The van der Waals surface area contributed by atoms with Gasteiger partial charge in [0.25, 0.3) is 0 Å². The Morgan fingerprint density at radius 2 is 2.14 bits per heavy atom. The molecule has 0 aliphatic rings. The molecule has 0 unspecified atom stereocenters. The SMILES string of the molecule is CC[C@@H](N)Cc1csc2ccccc12. The number of hydrogen-bond acceptors (Lipinski definition) is 2. The van der Waals surface area contributed by atoms with Gasteiger partial charge in [-0.1, -0.05) is 25.1 Å². The minimum atomic E-state index is 0.299. The molecule has 1 aromatic carbocycles. The van der Waals surface area contributed by atoms with E-state index in [0.717, 1.165) is 12.8 Å². The predicted molar refractivity (Wildman–Crippen MR) is 63.8 cm³/mol. The van der Waals surface area contributed by atoms with Crippen molar-refractivity contribution in [2.45, 2.75) is 25.8 Å². The largest absolute Gasteiger partial charge is 0.327 e. The van der Waals surface area contributed by atoms with Gasteiger partial charge in [0.1, 0.15) is 0 Å². The highest BCUT2D eigenvalue weighted by molar-refractivity contribution is 7.17. The van der Waals surface area contributed by atoms with Gasteiger partial charge in [0.05, 0.1) is 0 Å². The molecule has 2 rings (SSSR count). The Hall–Kier alpha value is -0.860. The second-order valence-corrected chi connectivity index (χ2v) is 4.54. The predicted octanol–water partition coefficient (Wildman–Crippen LogP) is 3.18. The molecule has 2 aromatic rings. The van der Waals surface area contributed by atoms with E-state index in [1.54, 1.807) is 0 Å². The van der Waals surface area contributed by atoms with E-state index in [4.69, 9.17) is 5.73 Å². The second-order valence-electron chi connectivity index (χ2n) is 3.63. The van der Waals surface area contributed by atoms with Crippen molar-refractivity contribution in [3.05, 3.63) is 35.2 Å². The third-order valence-corrected chi connectivity index (χ3v) is 3.58. The molecule has 1 atom stereocenters. The Labute approximate surface area is 88.6 Å². The van der Waals surface area contributed by atoms with Crippen LogP contribution in [0, 0.1) is 0 Å². The first-order valence-corrected chi connectivity index (χ1v) is 5.90. The molecule has 0 bridgehead atoms. The molecule has 1 nitrogen and oxygen atoms in total. The van der Waals surface area contributed by atoms with Crippen LogP contribution in [0.3, 0.4) is 0 Å². The number of rotatable bonds is 3. The lowest BCUT2D eigenvalue weighted by molar-refractivity contribution is 0.649. The molecule has 1 aromatic heterocycles. The molecule has 0 aliphatic heterocycles. The first-order chi connectivity index (χ1) is 6.81. The molecule has 2 heteroatoms. The van der Waals surface area contributed by atoms with Crippen molar-refractivity contribution in [1.29, 1.82) is 0 Å². The Morgan fingerprint density at radius 1 is 1.36 bits per heavy atom. The van der Waals surface area contributed by atoms with E-state index in [1.165, 1.54) is 15.6 Å². The van der Waals surface area contributed by atoms with Crippen LogP contribution in [-0.2, 0) is 6.42 Å². The second kappa shape index (κ2) is 4.11. The van der Waals surface area contributed by atoms with E-state index in [2.05, 4.69) is 36.6 Å². The van der Waals surface area contributed by atoms with Crippen LogP contribution < -0.4 is 5.73 Å². The van der Waals surface area contributed by atoms with Gasteiger partial charge in [-0.2, -0.15) is 0 Å². The van der Waals surface area contributed by atoms with Crippen molar-refractivity contribution < 1.29 is 0 Å². The topological polar surface area (TPSA) is 26.0 Å². The first-order valence-electron chi connectivity index (χ1n) is 5.02. The molecular weight excluding hydrogens is 190 g/mol. The van der Waals surface area contributed by atoms with Crippen molar-refractivity contribution >= 4 is 21.4 Å². The summed E-state index contributed by atoms with van der Waals surface area (Å²) in [4.78, 5) is 0. The monoisotopic (exact) mass is 205 g/mol. The van der Waals surface area contributed by atoms with Crippen LogP contribution in [0.25, 0.3) is 10.1 Å². The summed E-state index contributed by atoms with van der Waals surface area (Å²) in [5.41, 5.74) is 7.36. The quantitative estimate of drug-likeness (QED) is 0.818. The molecule has 0 saturated carbocycles. The molecular formula is C12H15NS. The minimum Gasteiger partial charge on any atom is -0.327 e. The summed E-state index contributed by atoms with van der Waals surface area (Å²) in [6.07, 6.45) is 2.05. The average Bonchev–Trinajstić information content (AvgIpc) is 2.62. The Kier molecular flexibility index (Phi) is 2.85. The van der Waals surface area contributed by atoms with Gasteiger partial charge in [-0.25, -0.2) is 0 Å². The Morgan fingerprint density at radius 3 is 2.93 bits per heavy atom. The molecule has 0 saturated heterocycles. The van der Waals surface area contributed by atoms with Crippen LogP contribution in [0.2, 0.25) is 0 Å². The third kappa shape index (κ3) is 1.81. The Bertz CT molecular complexity index is 419. The van der Waals surface area contributed by atoms with Gasteiger partial charge in [0.2, 0.25) is 0 Å². The maximum Gasteiger partial charge on any atom is 0.0345 e. The lowest BCUT2D eigenvalue weighted by Crippen LogP contribution is -2.21. The van der Waals surface area contributed by atoms with Gasteiger partial charge in [-0.05, 0) is 35.2 Å². The van der Waals surface area contributed by atoms with Crippen LogP contribution >= 0.6 is 11.3 Å². The summed E-state index contributed by atoms with van der Waals surface area (Å²) in [5, 5.41) is 3.61. The van der Waals surface area contributed by atoms with Gasteiger partial charge in [0, 0.05) is 10.7 Å². The van der Waals surface area contributed by atoms with Gasteiger partial charge in [0.15, 0.2) is 0 Å². The zero-order chi connectivity index (χ0) is 9.97. The van der Waals surface area contributed by atoms with Crippen LogP contribution in [-0.4, -0.2) is 6.04 Å². The normalized spacial score (nSPS) is 13.3. The van der Waals surface area contributed by atoms with Crippen LogP contribution in [0.1, 0.15) is 18.9 Å². The number of thiophene rings is 1. The highest BCUT2D eigenvalue weighted by Crippen LogP contribution is 2.26. The lowest BCUT2D eigenvalue weighted by atomic mass is 10.0. The van der Waals surface area contributed by atoms with Gasteiger partial charge < -0.3 is 5.73 Å². The Balaban J connectivity index is 2.33. The van der Waals surface area contributed by atoms with E-state index in [0.29, 0.717) is 6.04 Å². The summed E-state index contributed by atoms with van der Waals surface area (Å²) >= 11 is 1.81. The zero-order valence-electron chi connectivity index (χ0n) is 8.36. The summed E-state index contributed by atoms with van der Waals surface area (Å²) in [6, 6.07) is 8.83. The van der Waals surface area contributed by atoms with Crippen molar-refractivity contribution in [1.82, 2.24) is 0 Å². The van der Waals surface area contributed by atoms with Crippen molar-refractivity contribution in [2.75, 3.05) is 0 Å². The van der Waals surface area contributed by atoms with E-state index in [1.807, 2.05) is 11.3 Å². The lowest BCUT2D eigenvalue weighted by Gasteiger charge is -2.06. The fourth-order valence-electron chi connectivity index (χ4n) is 1.62. The van der Waals surface area contributed by atoms with E-state index in [9.17, 15) is 0 Å². The first kappa shape index (κ1) is 9.69. The van der Waals surface area contributed by atoms with E-state index >= 15 is 0 Å². The molecule has 74 valence electrons. The van der Waals surface area contributed by atoms with Crippen LogP contribution in [0.5, 0.6) is 0 Å². The molecule has 0 spiro atoms. The summed E-state index contributed by atoms with van der Waals surface area (Å²) in [5.74, 6) is 0. The molecule has 1 heterocycles. The van der Waals surface area contributed by atoms with E-state index < -0.39 is 0 Å². The van der Waals surface area contributed by atoms with E-state index in [-0.39, 0.29) is 0 Å². The molecule has 0 amide bonds. The highest BCUT2D eigenvalue weighted by atomic mass is 32.1. The maximum absolute atomic E-state index is 5.96. The molecule has 0 radical (unpaired) electrons. The minimum absolute atomic E-state index is 0.299. The number of fused-ring (bicyclic) bond motifs is 1. The molecule has 14 heavy (non-hydrogen) atoms. The average molecular weight is 205 g/mol. The number of hydrogen-bond donors (Lipinski definition) is 1. The smallest absolute Gasteiger partial charge is 0.0345 e. The molecule has 2 N–H and O–H groups in total. The summed E-state index contributed by atoms with van der Waals surface area (Å²) in [6.45, 7) is 2.14. The number of benzene rings is 1. The molecule has 0 aliphatic carbocycles. The van der Waals surface area contributed by atoms with Gasteiger partial charge in [-0.15, -0.1) is 11.3 Å². The highest BCUT2D eigenvalue weighted by Gasteiger charge is 2.06. The maximum atomic E-state index is 5.96. The third-order valence-electron chi connectivity index (χ3n) is 2.57. The summed E-state index contributed by atoms with van der Waals surface area (Å²) < 4.78 is 1.37.